The van der Waals surface area contributed by atoms with Crippen molar-refractivity contribution in [1.29, 1.82) is 0 Å². The van der Waals surface area contributed by atoms with Gasteiger partial charge < -0.3 is 9.15 Å². The third-order valence-corrected chi connectivity index (χ3v) is 6.22. The van der Waals surface area contributed by atoms with Crippen LogP contribution in [-0.2, 0) is 11.2 Å². The number of benzene rings is 1. The summed E-state index contributed by atoms with van der Waals surface area (Å²) in [5, 5.41) is 1.01. The third-order valence-electron chi connectivity index (χ3n) is 6.22. The molecule has 31 heavy (non-hydrogen) atoms. The van der Waals surface area contributed by atoms with Crippen molar-refractivity contribution in [3.8, 4) is 0 Å². The number of rotatable bonds is 18. The minimum absolute atomic E-state index is 0.180. The number of hydrogen-bond acceptors (Lipinski definition) is 3. The van der Waals surface area contributed by atoms with Gasteiger partial charge in [0.25, 0.3) is 0 Å². The molecule has 0 spiro atoms. The second-order valence-electron chi connectivity index (χ2n) is 8.89. The smallest absolute Gasteiger partial charge is 0.339 e. The summed E-state index contributed by atoms with van der Waals surface area (Å²) in [6.07, 6.45) is 19.2. The molecule has 0 radical (unpaired) electrons. The second-order valence-corrected chi connectivity index (χ2v) is 8.89. The summed E-state index contributed by atoms with van der Waals surface area (Å²) in [5.41, 5.74) is 1.30. The monoisotopic (exact) mass is 428 g/mol. The molecule has 3 heteroatoms. The lowest BCUT2D eigenvalue weighted by atomic mass is 10.0. The molecule has 0 aliphatic rings. The molecule has 0 amide bonds. The Bertz CT molecular complexity index is 764. The van der Waals surface area contributed by atoms with Crippen LogP contribution in [0.1, 0.15) is 109 Å². The van der Waals surface area contributed by atoms with E-state index in [9.17, 15) is 4.79 Å². The Balaban J connectivity index is 1.56. The van der Waals surface area contributed by atoms with Crippen LogP contribution in [0.4, 0.5) is 0 Å². The van der Waals surface area contributed by atoms with Crippen LogP contribution in [0.2, 0.25) is 0 Å². The van der Waals surface area contributed by atoms with Gasteiger partial charge in [-0.1, -0.05) is 95.8 Å². The highest BCUT2D eigenvalue weighted by Crippen LogP contribution is 2.18. The van der Waals surface area contributed by atoms with E-state index < -0.39 is 0 Å². The second kappa shape index (κ2) is 16.1. The Morgan fingerprint density at radius 1 is 0.806 bits per heavy atom. The molecule has 0 aliphatic heterocycles. The normalized spacial score (nSPS) is 12.5. The Morgan fingerprint density at radius 2 is 1.42 bits per heavy atom. The van der Waals surface area contributed by atoms with Crippen molar-refractivity contribution in [3.63, 3.8) is 0 Å². The standard InChI is InChI=1S/C28H44O3/c1-3-5-6-7-8-9-10-14-20-26(30-4-2)21-15-12-11-13-19-25-23-24-18-16-17-22-27(24)31-28(25)29/h16-18,22-23,26H,3-15,19-21H2,1-2H3. The fraction of sp³-hybridized carbons (Fsp3) is 0.679. The van der Waals surface area contributed by atoms with Gasteiger partial charge in [-0.15, -0.1) is 0 Å². The predicted octanol–water partition coefficient (Wildman–Crippen LogP) is 8.22. The van der Waals surface area contributed by atoms with Crippen LogP contribution in [0.15, 0.2) is 39.5 Å². The van der Waals surface area contributed by atoms with Crippen LogP contribution in [0, 0.1) is 0 Å². The number of aryl methyl sites for hydroxylation is 1. The Kier molecular flexibility index (Phi) is 13.3. The highest BCUT2D eigenvalue weighted by molar-refractivity contribution is 5.76. The van der Waals surface area contributed by atoms with Crippen LogP contribution in [0.25, 0.3) is 11.0 Å². The first kappa shape index (κ1) is 25.6. The van der Waals surface area contributed by atoms with E-state index in [4.69, 9.17) is 9.15 Å². The fourth-order valence-electron chi connectivity index (χ4n) is 4.37. The minimum Gasteiger partial charge on any atom is -0.423 e. The Labute approximate surface area is 189 Å². The first-order valence-electron chi connectivity index (χ1n) is 12.9. The molecule has 0 fully saturated rings. The first-order valence-corrected chi connectivity index (χ1v) is 12.9. The maximum absolute atomic E-state index is 12.1. The molecule has 3 nitrogen and oxygen atoms in total. The lowest BCUT2D eigenvalue weighted by Gasteiger charge is -2.17. The average Bonchev–Trinajstić information content (AvgIpc) is 2.78. The molecule has 0 N–H and O–H groups in total. The summed E-state index contributed by atoms with van der Waals surface area (Å²) in [7, 11) is 0. The van der Waals surface area contributed by atoms with E-state index in [2.05, 4.69) is 13.8 Å². The number of fused-ring (bicyclic) bond motifs is 1. The average molecular weight is 429 g/mol. The van der Waals surface area contributed by atoms with Crippen molar-refractivity contribution >= 4 is 11.0 Å². The molecule has 0 bridgehead atoms. The van der Waals surface area contributed by atoms with E-state index >= 15 is 0 Å². The summed E-state index contributed by atoms with van der Waals surface area (Å²) in [6.45, 7) is 5.20. The van der Waals surface area contributed by atoms with Crippen LogP contribution >= 0.6 is 0 Å². The van der Waals surface area contributed by atoms with Gasteiger partial charge in [-0.3, -0.25) is 0 Å². The largest absolute Gasteiger partial charge is 0.423 e. The molecule has 1 unspecified atom stereocenters. The van der Waals surface area contributed by atoms with Crippen molar-refractivity contribution in [3.05, 3.63) is 46.3 Å². The lowest BCUT2D eigenvalue weighted by molar-refractivity contribution is 0.0470. The maximum Gasteiger partial charge on any atom is 0.339 e. The van der Waals surface area contributed by atoms with Crippen molar-refractivity contribution in [2.24, 2.45) is 0 Å². The molecule has 1 atom stereocenters. The molecule has 174 valence electrons. The lowest BCUT2D eigenvalue weighted by Crippen LogP contribution is -2.13. The molecular formula is C28H44O3. The maximum atomic E-state index is 12.1. The van der Waals surface area contributed by atoms with Crippen LogP contribution < -0.4 is 5.63 Å². The predicted molar refractivity (Wildman–Crippen MR) is 132 cm³/mol. The van der Waals surface area contributed by atoms with Gasteiger partial charge in [-0.05, 0) is 44.7 Å². The van der Waals surface area contributed by atoms with E-state index in [1.807, 2.05) is 30.3 Å². The van der Waals surface area contributed by atoms with Gasteiger partial charge in [0.05, 0.1) is 6.10 Å². The van der Waals surface area contributed by atoms with Crippen molar-refractivity contribution in [2.45, 2.75) is 116 Å². The molecule has 0 saturated carbocycles. The SMILES string of the molecule is CCCCCCCCCCC(CCCCCCc1cc2ccccc2oc1=O)OCC. The first-order chi connectivity index (χ1) is 15.2. The molecule has 1 heterocycles. The van der Waals surface area contributed by atoms with Gasteiger partial charge in [-0.2, -0.15) is 0 Å². The molecule has 0 saturated heterocycles. The summed E-state index contributed by atoms with van der Waals surface area (Å²) >= 11 is 0. The highest BCUT2D eigenvalue weighted by atomic mass is 16.5. The summed E-state index contributed by atoms with van der Waals surface area (Å²) in [5.74, 6) is 0. The third kappa shape index (κ3) is 10.5. The summed E-state index contributed by atoms with van der Waals surface area (Å²) < 4.78 is 11.4. The molecule has 1 aromatic carbocycles. The molecular weight excluding hydrogens is 384 g/mol. The number of unbranched alkanes of at least 4 members (excludes halogenated alkanes) is 10. The highest BCUT2D eigenvalue weighted by Gasteiger charge is 2.09. The van der Waals surface area contributed by atoms with Crippen molar-refractivity contribution < 1.29 is 9.15 Å². The fourth-order valence-corrected chi connectivity index (χ4v) is 4.37. The van der Waals surface area contributed by atoms with Crippen LogP contribution in [0.5, 0.6) is 0 Å². The van der Waals surface area contributed by atoms with E-state index in [1.165, 1.54) is 77.0 Å². The van der Waals surface area contributed by atoms with E-state index in [-0.39, 0.29) is 5.63 Å². The Morgan fingerprint density at radius 3 is 2.10 bits per heavy atom. The van der Waals surface area contributed by atoms with Gasteiger partial charge in [0.1, 0.15) is 5.58 Å². The van der Waals surface area contributed by atoms with Gasteiger partial charge in [0.2, 0.25) is 0 Å². The van der Waals surface area contributed by atoms with Gasteiger partial charge in [-0.25, -0.2) is 4.79 Å². The van der Waals surface area contributed by atoms with Gasteiger partial charge in [0, 0.05) is 17.6 Å². The van der Waals surface area contributed by atoms with E-state index in [1.54, 1.807) is 0 Å². The minimum atomic E-state index is -0.180. The van der Waals surface area contributed by atoms with Crippen molar-refractivity contribution in [2.75, 3.05) is 6.61 Å². The van der Waals surface area contributed by atoms with E-state index in [0.717, 1.165) is 36.8 Å². The zero-order chi connectivity index (χ0) is 22.2. The quantitative estimate of drug-likeness (QED) is 0.177. The van der Waals surface area contributed by atoms with Crippen LogP contribution in [0.3, 0.4) is 0 Å². The number of ether oxygens (including phenoxy) is 1. The Hall–Kier alpha value is -1.61. The van der Waals surface area contributed by atoms with E-state index in [0.29, 0.717) is 11.7 Å². The number of para-hydroxylation sites is 1. The summed E-state index contributed by atoms with van der Waals surface area (Å²) in [6, 6.07) is 9.73. The van der Waals surface area contributed by atoms with Gasteiger partial charge in [0.15, 0.2) is 0 Å². The molecule has 2 aromatic rings. The van der Waals surface area contributed by atoms with Gasteiger partial charge >= 0.3 is 5.63 Å². The number of hydrogen-bond donors (Lipinski definition) is 0. The zero-order valence-corrected chi connectivity index (χ0v) is 20.0. The molecule has 1 aromatic heterocycles. The molecule has 0 aliphatic carbocycles. The van der Waals surface area contributed by atoms with Crippen LogP contribution in [-0.4, -0.2) is 12.7 Å². The zero-order valence-electron chi connectivity index (χ0n) is 20.0. The van der Waals surface area contributed by atoms with Crippen molar-refractivity contribution in [1.82, 2.24) is 0 Å². The topological polar surface area (TPSA) is 39.4 Å². The summed E-state index contributed by atoms with van der Waals surface area (Å²) in [4.78, 5) is 12.1. The molecule has 2 rings (SSSR count).